The molecule has 0 radical (unpaired) electrons. The van der Waals surface area contributed by atoms with Crippen LogP contribution in [-0.2, 0) is 0 Å². The number of aryl methyl sites for hydroxylation is 1. The fourth-order valence-electron chi connectivity index (χ4n) is 2.08. The smallest absolute Gasteiger partial charge is 0.126 e. The number of hydrogen-bond donors (Lipinski definition) is 1. The lowest BCUT2D eigenvalue weighted by molar-refractivity contribution is 0.155. The lowest BCUT2D eigenvalue weighted by Crippen LogP contribution is -2.10. The maximum absolute atomic E-state index is 9.22. The molecule has 0 unspecified atom stereocenters. The Labute approximate surface area is 114 Å². The molecule has 0 fully saturated rings. The molecule has 100 valence electrons. The van der Waals surface area contributed by atoms with Crippen molar-refractivity contribution in [2.75, 3.05) is 6.61 Å². The molecule has 0 aliphatic rings. The van der Waals surface area contributed by atoms with Gasteiger partial charge in [0.15, 0.2) is 0 Å². The molecular formula is C17H20O2. The summed E-state index contributed by atoms with van der Waals surface area (Å²) < 4.78 is 6.09. The van der Waals surface area contributed by atoms with Crippen molar-refractivity contribution in [1.82, 2.24) is 0 Å². The van der Waals surface area contributed by atoms with E-state index in [4.69, 9.17) is 4.74 Å². The third-order valence-corrected chi connectivity index (χ3v) is 3.39. The first-order valence-corrected chi connectivity index (χ1v) is 6.61. The SMILES string of the molecule is Cc1cccc(O[C@H](CCO)c2ccccc2)c1C. The van der Waals surface area contributed by atoms with Crippen molar-refractivity contribution in [1.29, 1.82) is 0 Å². The molecule has 2 aromatic carbocycles. The molecule has 19 heavy (non-hydrogen) atoms. The summed E-state index contributed by atoms with van der Waals surface area (Å²) in [6, 6.07) is 16.1. The Morgan fingerprint density at radius 3 is 2.42 bits per heavy atom. The number of aliphatic hydroxyl groups excluding tert-OH is 1. The molecular weight excluding hydrogens is 236 g/mol. The van der Waals surface area contributed by atoms with E-state index in [1.165, 1.54) is 5.56 Å². The first-order valence-electron chi connectivity index (χ1n) is 6.61. The van der Waals surface area contributed by atoms with Gasteiger partial charge in [0.25, 0.3) is 0 Å². The molecule has 0 saturated heterocycles. The Bertz CT molecular complexity index is 520. The Balaban J connectivity index is 2.24. The Morgan fingerprint density at radius 1 is 1.00 bits per heavy atom. The molecule has 0 aliphatic heterocycles. The zero-order chi connectivity index (χ0) is 13.7. The van der Waals surface area contributed by atoms with Crippen LogP contribution in [-0.4, -0.2) is 11.7 Å². The van der Waals surface area contributed by atoms with Gasteiger partial charge in [-0.15, -0.1) is 0 Å². The van der Waals surface area contributed by atoms with E-state index in [1.54, 1.807) is 0 Å². The summed E-state index contributed by atoms with van der Waals surface area (Å²) in [7, 11) is 0. The van der Waals surface area contributed by atoms with Gasteiger partial charge in [0.1, 0.15) is 11.9 Å². The Hall–Kier alpha value is -1.80. The van der Waals surface area contributed by atoms with Crippen molar-refractivity contribution in [3.05, 3.63) is 65.2 Å². The lowest BCUT2D eigenvalue weighted by Gasteiger charge is -2.20. The van der Waals surface area contributed by atoms with Gasteiger partial charge in [-0.25, -0.2) is 0 Å². The normalized spacial score (nSPS) is 12.2. The van der Waals surface area contributed by atoms with E-state index in [-0.39, 0.29) is 12.7 Å². The minimum atomic E-state index is -0.105. The molecule has 0 aliphatic carbocycles. The zero-order valence-corrected chi connectivity index (χ0v) is 11.5. The zero-order valence-electron chi connectivity index (χ0n) is 11.5. The standard InChI is InChI=1S/C17H20O2/c1-13-7-6-10-16(14(13)2)19-17(11-12-18)15-8-4-3-5-9-15/h3-10,17-18H,11-12H2,1-2H3/t17-/m1/s1. The highest BCUT2D eigenvalue weighted by atomic mass is 16.5. The summed E-state index contributed by atoms with van der Waals surface area (Å²) in [5.74, 6) is 0.891. The van der Waals surface area contributed by atoms with Gasteiger partial charge in [-0.1, -0.05) is 42.5 Å². The maximum Gasteiger partial charge on any atom is 0.126 e. The number of benzene rings is 2. The molecule has 0 bridgehead atoms. The average molecular weight is 256 g/mol. The van der Waals surface area contributed by atoms with Crippen molar-refractivity contribution < 1.29 is 9.84 Å². The van der Waals surface area contributed by atoms with E-state index < -0.39 is 0 Å². The van der Waals surface area contributed by atoms with Gasteiger partial charge in [-0.3, -0.25) is 0 Å². The van der Waals surface area contributed by atoms with E-state index in [0.29, 0.717) is 6.42 Å². The highest BCUT2D eigenvalue weighted by Gasteiger charge is 2.14. The van der Waals surface area contributed by atoms with Gasteiger partial charge in [-0.05, 0) is 36.6 Å². The number of aliphatic hydroxyl groups is 1. The van der Waals surface area contributed by atoms with Gasteiger partial charge in [-0.2, -0.15) is 0 Å². The van der Waals surface area contributed by atoms with Crippen molar-refractivity contribution >= 4 is 0 Å². The van der Waals surface area contributed by atoms with E-state index in [0.717, 1.165) is 16.9 Å². The average Bonchev–Trinajstić information content (AvgIpc) is 2.44. The van der Waals surface area contributed by atoms with Gasteiger partial charge < -0.3 is 9.84 Å². The minimum absolute atomic E-state index is 0.105. The van der Waals surface area contributed by atoms with Crippen LogP contribution >= 0.6 is 0 Å². The largest absolute Gasteiger partial charge is 0.485 e. The van der Waals surface area contributed by atoms with Crippen molar-refractivity contribution in [3.63, 3.8) is 0 Å². The molecule has 2 heteroatoms. The van der Waals surface area contributed by atoms with Gasteiger partial charge in [0.05, 0.1) is 0 Å². The van der Waals surface area contributed by atoms with Crippen LogP contribution in [0.5, 0.6) is 5.75 Å². The molecule has 0 aromatic heterocycles. The van der Waals surface area contributed by atoms with Crippen LogP contribution < -0.4 is 4.74 Å². The summed E-state index contributed by atoms with van der Waals surface area (Å²) in [5.41, 5.74) is 3.46. The molecule has 1 N–H and O–H groups in total. The van der Waals surface area contributed by atoms with Crippen LogP contribution in [0, 0.1) is 13.8 Å². The minimum Gasteiger partial charge on any atom is -0.485 e. The topological polar surface area (TPSA) is 29.5 Å². The second kappa shape index (κ2) is 6.39. The molecule has 0 heterocycles. The first kappa shape index (κ1) is 13.6. The van der Waals surface area contributed by atoms with Gasteiger partial charge in [0.2, 0.25) is 0 Å². The van der Waals surface area contributed by atoms with Crippen LogP contribution in [0.25, 0.3) is 0 Å². The molecule has 2 rings (SSSR count). The highest BCUT2D eigenvalue weighted by molar-refractivity contribution is 5.38. The summed E-state index contributed by atoms with van der Waals surface area (Å²) in [5, 5.41) is 9.22. The second-order valence-electron chi connectivity index (χ2n) is 4.73. The summed E-state index contributed by atoms with van der Waals surface area (Å²) in [6.07, 6.45) is 0.490. The first-order chi connectivity index (χ1) is 9.22. The fourth-order valence-corrected chi connectivity index (χ4v) is 2.08. The maximum atomic E-state index is 9.22. The van der Waals surface area contributed by atoms with Crippen LogP contribution in [0.2, 0.25) is 0 Å². The Morgan fingerprint density at radius 2 is 1.74 bits per heavy atom. The Kier molecular flexibility index (Phi) is 4.58. The van der Waals surface area contributed by atoms with E-state index in [2.05, 4.69) is 19.9 Å². The number of rotatable bonds is 5. The van der Waals surface area contributed by atoms with Crippen LogP contribution in [0.3, 0.4) is 0 Å². The van der Waals surface area contributed by atoms with Crippen molar-refractivity contribution in [2.45, 2.75) is 26.4 Å². The summed E-state index contributed by atoms with van der Waals surface area (Å²) in [4.78, 5) is 0. The predicted octanol–water partition coefficient (Wildman–Crippen LogP) is 3.81. The monoisotopic (exact) mass is 256 g/mol. The van der Waals surface area contributed by atoms with Crippen LogP contribution in [0.15, 0.2) is 48.5 Å². The molecule has 0 amide bonds. The van der Waals surface area contributed by atoms with Gasteiger partial charge in [0, 0.05) is 13.0 Å². The van der Waals surface area contributed by atoms with Crippen molar-refractivity contribution in [3.8, 4) is 5.75 Å². The quantitative estimate of drug-likeness (QED) is 0.881. The molecule has 0 spiro atoms. The van der Waals surface area contributed by atoms with E-state index >= 15 is 0 Å². The number of ether oxygens (including phenoxy) is 1. The third-order valence-electron chi connectivity index (χ3n) is 3.39. The van der Waals surface area contributed by atoms with Gasteiger partial charge >= 0.3 is 0 Å². The number of hydrogen-bond acceptors (Lipinski definition) is 2. The third kappa shape index (κ3) is 3.36. The predicted molar refractivity (Wildman–Crippen MR) is 77.4 cm³/mol. The lowest BCUT2D eigenvalue weighted by atomic mass is 10.1. The molecule has 2 nitrogen and oxygen atoms in total. The van der Waals surface area contributed by atoms with Crippen LogP contribution in [0.1, 0.15) is 29.2 Å². The molecule has 0 saturated carbocycles. The van der Waals surface area contributed by atoms with E-state index in [9.17, 15) is 5.11 Å². The highest BCUT2D eigenvalue weighted by Crippen LogP contribution is 2.28. The van der Waals surface area contributed by atoms with E-state index in [1.807, 2.05) is 42.5 Å². The molecule has 2 aromatic rings. The fraction of sp³-hybridized carbons (Fsp3) is 0.294. The summed E-state index contributed by atoms with van der Waals surface area (Å²) in [6.45, 7) is 4.25. The second-order valence-corrected chi connectivity index (χ2v) is 4.73. The summed E-state index contributed by atoms with van der Waals surface area (Å²) >= 11 is 0. The van der Waals surface area contributed by atoms with Crippen LogP contribution in [0.4, 0.5) is 0 Å². The van der Waals surface area contributed by atoms with Crippen molar-refractivity contribution in [2.24, 2.45) is 0 Å². The molecule has 1 atom stereocenters.